The molecule has 0 bridgehead atoms. The van der Waals surface area contributed by atoms with E-state index in [0.717, 1.165) is 50.5 Å². The second-order valence-corrected chi connectivity index (χ2v) is 6.15. The second-order valence-electron chi connectivity index (χ2n) is 6.15. The monoisotopic (exact) mass is 342 g/mol. The molecule has 2 heterocycles. The van der Waals surface area contributed by atoms with Gasteiger partial charge in [0.05, 0.1) is 17.7 Å². The summed E-state index contributed by atoms with van der Waals surface area (Å²) in [5.74, 6) is 0.641. The topological polar surface area (TPSA) is 71.7 Å². The van der Waals surface area contributed by atoms with Crippen LogP contribution in [0.4, 0.5) is 5.69 Å². The Morgan fingerprint density at radius 1 is 1.08 bits per heavy atom. The Labute approximate surface area is 147 Å². The fourth-order valence-corrected chi connectivity index (χ4v) is 3.02. The van der Waals surface area contributed by atoms with Crippen LogP contribution >= 0.6 is 0 Å². The average Bonchev–Trinajstić information content (AvgIpc) is 2.64. The molecule has 1 fully saturated rings. The van der Waals surface area contributed by atoms with Gasteiger partial charge in [0.25, 0.3) is 5.69 Å². The highest BCUT2D eigenvalue weighted by Crippen LogP contribution is 2.16. The van der Waals surface area contributed by atoms with E-state index in [1.807, 2.05) is 24.3 Å². The van der Waals surface area contributed by atoms with E-state index in [9.17, 15) is 10.1 Å². The van der Waals surface area contributed by atoms with Crippen LogP contribution in [0.2, 0.25) is 0 Å². The summed E-state index contributed by atoms with van der Waals surface area (Å²) in [4.78, 5) is 19.7. The average molecular weight is 342 g/mol. The predicted molar refractivity (Wildman–Crippen MR) is 94.4 cm³/mol. The van der Waals surface area contributed by atoms with Gasteiger partial charge in [0.15, 0.2) is 0 Å². The highest BCUT2D eigenvalue weighted by atomic mass is 16.6. The van der Waals surface area contributed by atoms with E-state index in [0.29, 0.717) is 5.88 Å². The molecule has 0 saturated carbocycles. The predicted octanol–water partition coefficient (Wildman–Crippen LogP) is 2.32. The first kappa shape index (κ1) is 17.3. The summed E-state index contributed by atoms with van der Waals surface area (Å²) in [5, 5.41) is 10.9. The molecule has 7 heteroatoms. The molecule has 132 valence electrons. The summed E-state index contributed by atoms with van der Waals surface area (Å²) in [6.07, 6.45) is 0. The molecule has 0 amide bonds. The van der Waals surface area contributed by atoms with Crippen LogP contribution in [0.3, 0.4) is 0 Å². The number of methoxy groups -OCH3 is 1. The molecule has 2 aromatic rings. The molecule has 1 aliphatic rings. The number of nitro groups is 1. The van der Waals surface area contributed by atoms with Crippen molar-refractivity contribution in [3.63, 3.8) is 0 Å². The van der Waals surface area contributed by atoms with Gasteiger partial charge in [0.1, 0.15) is 0 Å². The van der Waals surface area contributed by atoms with Crippen LogP contribution in [0.1, 0.15) is 11.3 Å². The third-order valence-electron chi connectivity index (χ3n) is 4.37. The lowest BCUT2D eigenvalue weighted by atomic mass is 10.1. The molecular formula is C18H22N4O3. The van der Waals surface area contributed by atoms with Crippen molar-refractivity contribution >= 4 is 5.69 Å². The van der Waals surface area contributed by atoms with Gasteiger partial charge in [-0.1, -0.05) is 18.2 Å². The number of aromatic nitrogens is 1. The molecule has 7 nitrogen and oxygen atoms in total. The number of nitrogens with zero attached hydrogens (tertiary/aromatic N) is 4. The zero-order valence-electron chi connectivity index (χ0n) is 14.3. The molecule has 1 saturated heterocycles. The Bertz CT molecular complexity index is 730. The first-order valence-corrected chi connectivity index (χ1v) is 8.32. The van der Waals surface area contributed by atoms with Crippen LogP contribution < -0.4 is 4.74 Å². The van der Waals surface area contributed by atoms with E-state index in [-0.39, 0.29) is 10.6 Å². The van der Waals surface area contributed by atoms with E-state index in [1.54, 1.807) is 19.2 Å². The molecule has 3 rings (SSSR count). The lowest BCUT2D eigenvalue weighted by Crippen LogP contribution is -2.45. The lowest BCUT2D eigenvalue weighted by Gasteiger charge is -2.34. The van der Waals surface area contributed by atoms with E-state index in [1.165, 1.54) is 6.07 Å². The third-order valence-corrected chi connectivity index (χ3v) is 4.37. The van der Waals surface area contributed by atoms with Gasteiger partial charge < -0.3 is 4.74 Å². The summed E-state index contributed by atoms with van der Waals surface area (Å²) in [6, 6.07) is 12.7. The van der Waals surface area contributed by atoms with Crippen molar-refractivity contribution in [3.8, 4) is 5.88 Å². The maximum atomic E-state index is 10.9. The Hall–Kier alpha value is -2.51. The minimum Gasteiger partial charge on any atom is -0.481 e. The fourth-order valence-electron chi connectivity index (χ4n) is 3.02. The van der Waals surface area contributed by atoms with Gasteiger partial charge in [-0.2, -0.15) is 0 Å². The van der Waals surface area contributed by atoms with Gasteiger partial charge in [-0.25, -0.2) is 4.98 Å². The number of non-ortho nitro benzene ring substituents is 1. The molecule has 0 atom stereocenters. The van der Waals surface area contributed by atoms with Gasteiger partial charge >= 0.3 is 0 Å². The van der Waals surface area contributed by atoms with Gasteiger partial charge in [-0.15, -0.1) is 0 Å². The van der Waals surface area contributed by atoms with Crippen LogP contribution in [0.15, 0.2) is 42.5 Å². The minimum atomic E-state index is -0.345. The zero-order valence-corrected chi connectivity index (χ0v) is 14.3. The molecule has 25 heavy (non-hydrogen) atoms. The van der Waals surface area contributed by atoms with Crippen molar-refractivity contribution in [1.29, 1.82) is 0 Å². The largest absolute Gasteiger partial charge is 0.481 e. The van der Waals surface area contributed by atoms with Gasteiger partial charge in [0, 0.05) is 57.5 Å². The highest BCUT2D eigenvalue weighted by Gasteiger charge is 2.18. The van der Waals surface area contributed by atoms with Crippen molar-refractivity contribution < 1.29 is 9.66 Å². The molecule has 0 spiro atoms. The first-order chi connectivity index (χ1) is 12.1. The Morgan fingerprint density at radius 2 is 1.76 bits per heavy atom. The molecular weight excluding hydrogens is 320 g/mol. The lowest BCUT2D eigenvalue weighted by molar-refractivity contribution is -0.384. The molecule has 0 aliphatic carbocycles. The summed E-state index contributed by atoms with van der Waals surface area (Å²) in [6.45, 7) is 5.33. The van der Waals surface area contributed by atoms with Crippen molar-refractivity contribution in [3.05, 3.63) is 63.8 Å². The smallest absolute Gasteiger partial charge is 0.269 e. The van der Waals surface area contributed by atoms with Crippen LogP contribution in [0, 0.1) is 10.1 Å². The maximum absolute atomic E-state index is 10.9. The van der Waals surface area contributed by atoms with Crippen molar-refractivity contribution in [2.24, 2.45) is 0 Å². The molecule has 1 aliphatic heterocycles. The van der Waals surface area contributed by atoms with E-state index in [2.05, 4.69) is 14.8 Å². The number of pyridine rings is 1. The number of hydrogen-bond acceptors (Lipinski definition) is 6. The van der Waals surface area contributed by atoms with Gasteiger partial charge in [-0.05, 0) is 11.6 Å². The number of piperazine rings is 1. The highest BCUT2D eigenvalue weighted by molar-refractivity contribution is 5.34. The van der Waals surface area contributed by atoms with Crippen molar-refractivity contribution in [1.82, 2.24) is 14.8 Å². The Balaban J connectivity index is 1.51. The quantitative estimate of drug-likeness (QED) is 0.593. The number of nitro benzene ring substituents is 1. The Kier molecular flexibility index (Phi) is 5.57. The van der Waals surface area contributed by atoms with Crippen molar-refractivity contribution in [2.75, 3.05) is 33.3 Å². The Morgan fingerprint density at radius 3 is 2.44 bits per heavy atom. The zero-order chi connectivity index (χ0) is 17.6. The summed E-state index contributed by atoms with van der Waals surface area (Å²) in [7, 11) is 1.62. The van der Waals surface area contributed by atoms with E-state index >= 15 is 0 Å². The first-order valence-electron chi connectivity index (χ1n) is 8.32. The molecule has 0 radical (unpaired) electrons. The third kappa shape index (κ3) is 4.74. The summed E-state index contributed by atoms with van der Waals surface area (Å²) in [5.41, 5.74) is 2.14. The van der Waals surface area contributed by atoms with Gasteiger partial charge in [-0.3, -0.25) is 19.9 Å². The van der Waals surface area contributed by atoms with Crippen LogP contribution in [0.5, 0.6) is 5.88 Å². The summed E-state index contributed by atoms with van der Waals surface area (Å²) >= 11 is 0. The maximum Gasteiger partial charge on any atom is 0.269 e. The summed E-state index contributed by atoms with van der Waals surface area (Å²) < 4.78 is 5.17. The fraction of sp³-hybridized carbons (Fsp3) is 0.389. The standard InChI is InChI=1S/C18H22N4O3/c1-25-18-7-3-5-16(19-18)14-21-10-8-20(9-11-21)13-15-4-2-6-17(12-15)22(23)24/h2-7,12H,8-11,13-14H2,1H3. The molecule has 1 aromatic carbocycles. The second kappa shape index (κ2) is 8.04. The number of benzene rings is 1. The molecule has 0 unspecified atom stereocenters. The number of rotatable bonds is 6. The number of ether oxygens (including phenoxy) is 1. The van der Waals surface area contributed by atoms with Crippen LogP contribution in [-0.2, 0) is 13.1 Å². The van der Waals surface area contributed by atoms with E-state index in [4.69, 9.17) is 4.74 Å². The van der Waals surface area contributed by atoms with E-state index < -0.39 is 0 Å². The normalized spacial score (nSPS) is 15.9. The van der Waals surface area contributed by atoms with Crippen LogP contribution in [-0.4, -0.2) is 53.0 Å². The SMILES string of the molecule is COc1cccc(CN2CCN(Cc3cccc([N+](=O)[O-])c3)CC2)n1. The molecule has 0 N–H and O–H groups in total. The van der Waals surface area contributed by atoms with Crippen molar-refractivity contribution in [2.45, 2.75) is 13.1 Å². The number of hydrogen-bond donors (Lipinski definition) is 0. The van der Waals surface area contributed by atoms with Gasteiger partial charge in [0.2, 0.25) is 5.88 Å². The molecule has 1 aromatic heterocycles. The van der Waals surface area contributed by atoms with Crippen LogP contribution in [0.25, 0.3) is 0 Å². The minimum absolute atomic E-state index is 0.153.